The number of amides is 1. The molecule has 1 fully saturated rings. The van der Waals surface area contributed by atoms with E-state index >= 15 is 0 Å². The third-order valence-corrected chi connectivity index (χ3v) is 6.40. The van der Waals surface area contributed by atoms with Crippen molar-refractivity contribution in [1.29, 1.82) is 5.26 Å². The summed E-state index contributed by atoms with van der Waals surface area (Å²) in [6, 6.07) is 4.23. The van der Waals surface area contributed by atoms with Gasteiger partial charge in [-0.15, -0.1) is 0 Å². The van der Waals surface area contributed by atoms with Crippen LogP contribution in [0.4, 0.5) is 43.9 Å². The number of aryl methyl sites for hydroxylation is 1. The van der Waals surface area contributed by atoms with Crippen LogP contribution < -0.4 is 4.74 Å². The van der Waals surface area contributed by atoms with Crippen molar-refractivity contribution in [3.63, 3.8) is 0 Å². The second-order valence-corrected chi connectivity index (χ2v) is 9.01. The minimum atomic E-state index is -6.23. The first-order valence-electron chi connectivity index (χ1n) is 11.3. The predicted molar refractivity (Wildman–Crippen MR) is 117 cm³/mol. The van der Waals surface area contributed by atoms with Crippen molar-refractivity contribution in [2.45, 2.75) is 43.3 Å². The van der Waals surface area contributed by atoms with Gasteiger partial charge in [-0.25, -0.2) is 9.36 Å². The second-order valence-electron chi connectivity index (χ2n) is 9.01. The van der Waals surface area contributed by atoms with Crippen molar-refractivity contribution >= 4 is 5.91 Å². The number of hydrogen-bond acceptors (Lipinski definition) is 5. The van der Waals surface area contributed by atoms with E-state index < -0.39 is 64.7 Å². The fourth-order valence-corrected chi connectivity index (χ4v) is 4.04. The lowest BCUT2D eigenvalue weighted by molar-refractivity contribution is -0.291. The molecule has 1 aliphatic carbocycles. The summed E-state index contributed by atoms with van der Waals surface area (Å²) in [5.41, 5.74) is -5.78. The van der Waals surface area contributed by atoms with Gasteiger partial charge in [-0.3, -0.25) is 4.79 Å². The number of rotatable bonds is 7. The third kappa shape index (κ3) is 5.15. The highest BCUT2D eigenvalue weighted by atomic mass is 19.4. The van der Waals surface area contributed by atoms with Crippen molar-refractivity contribution < 1.29 is 53.4 Å². The predicted octanol–water partition coefficient (Wildman–Crippen LogP) is 5.68. The van der Waals surface area contributed by atoms with Crippen LogP contribution in [-0.2, 0) is 19.1 Å². The molecule has 0 unspecified atom stereocenters. The maximum Gasteiger partial charge on any atom is 0.459 e. The number of aromatic nitrogens is 4. The molecule has 2 aromatic heterocycles. The fourth-order valence-electron chi connectivity index (χ4n) is 4.04. The van der Waals surface area contributed by atoms with E-state index in [1.807, 2.05) is 6.07 Å². The van der Waals surface area contributed by atoms with Crippen LogP contribution in [-0.4, -0.2) is 55.7 Å². The molecule has 8 nitrogen and oxygen atoms in total. The van der Waals surface area contributed by atoms with E-state index in [9.17, 15) is 54.0 Å². The van der Waals surface area contributed by atoms with Crippen LogP contribution in [0, 0.1) is 11.3 Å². The Kier molecular flexibility index (Phi) is 6.99. The molecule has 0 saturated heterocycles. The molecule has 1 aromatic carbocycles. The Morgan fingerprint density at radius 3 is 2.27 bits per heavy atom. The molecule has 3 aromatic rings. The van der Waals surface area contributed by atoms with E-state index in [0.29, 0.717) is 15.4 Å². The zero-order chi connectivity index (χ0) is 30.7. The maximum atomic E-state index is 14.1. The van der Waals surface area contributed by atoms with Gasteiger partial charge in [-0.2, -0.15) is 59.4 Å². The number of alkyl halides is 10. The summed E-state index contributed by atoms with van der Waals surface area (Å²) >= 11 is 0. The van der Waals surface area contributed by atoms with Crippen molar-refractivity contribution in [1.82, 2.24) is 24.5 Å². The molecule has 2 heterocycles. The molecule has 1 saturated carbocycles. The highest BCUT2D eigenvalue weighted by molar-refractivity contribution is 5.98. The lowest BCUT2D eigenvalue weighted by Gasteiger charge is -2.24. The SMILES string of the molecule is CN(C(=O)c1cc(-c2cnn(-c3c(OC(F)F)c(C(F)(F)C(F)(F)F)nn3C)c2)ccc1C(F)(F)F)C1(C#N)CC1. The van der Waals surface area contributed by atoms with Crippen LogP contribution in [0.1, 0.15) is 34.5 Å². The van der Waals surface area contributed by atoms with E-state index in [-0.39, 0.29) is 24.0 Å². The zero-order valence-corrected chi connectivity index (χ0v) is 20.7. The number of ether oxygens (including phenoxy) is 1. The molecule has 0 aliphatic heterocycles. The van der Waals surface area contributed by atoms with Gasteiger partial charge < -0.3 is 9.64 Å². The van der Waals surface area contributed by atoms with Crippen molar-refractivity contribution in [2.24, 2.45) is 7.05 Å². The molecule has 4 rings (SSSR count). The molecule has 18 heteroatoms. The van der Waals surface area contributed by atoms with E-state index in [2.05, 4.69) is 14.9 Å². The quantitative estimate of drug-likeness (QED) is 0.327. The Morgan fingerprint density at radius 2 is 1.76 bits per heavy atom. The monoisotopic (exact) mass is 598 g/mol. The first-order chi connectivity index (χ1) is 18.8. The Bertz CT molecular complexity index is 1530. The summed E-state index contributed by atoms with van der Waals surface area (Å²) < 4.78 is 139. The van der Waals surface area contributed by atoms with Crippen molar-refractivity contribution in [3.05, 3.63) is 47.4 Å². The van der Waals surface area contributed by atoms with Gasteiger partial charge in [0.2, 0.25) is 0 Å². The summed E-state index contributed by atoms with van der Waals surface area (Å²) in [4.78, 5) is 13.9. The average Bonchev–Trinajstić information content (AvgIpc) is 3.40. The summed E-state index contributed by atoms with van der Waals surface area (Å²) in [6.07, 6.45) is -8.86. The highest BCUT2D eigenvalue weighted by Gasteiger charge is 2.62. The first kappa shape index (κ1) is 29.7. The van der Waals surface area contributed by atoms with Crippen LogP contribution in [0.15, 0.2) is 30.6 Å². The first-order valence-corrected chi connectivity index (χ1v) is 11.3. The molecule has 1 amide bonds. The smallest absolute Gasteiger partial charge is 0.428 e. The molecule has 0 radical (unpaired) electrons. The highest BCUT2D eigenvalue weighted by Crippen LogP contribution is 2.48. The van der Waals surface area contributed by atoms with E-state index in [0.717, 1.165) is 36.5 Å². The van der Waals surface area contributed by atoms with Crippen molar-refractivity contribution in [2.75, 3.05) is 7.05 Å². The van der Waals surface area contributed by atoms with Gasteiger partial charge >= 0.3 is 24.9 Å². The molecule has 0 N–H and O–H groups in total. The Balaban J connectivity index is 1.81. The Labute approximate surface area is 223 Å². The molecule has 41 heavy (non-hydrogen) atoms. The summed E-state index contributed by atoms with van der Waals surface area (Å²) in [7, 11) is 2.02. The van der Waals surface area contributed by atoms with Gasteiger partial charge in [-0.05, 0) is 30.5 Å². The van der Waals surface area contributed by atoms with Gasteiger partial charge in [0, 0.05) is 25.9 Å². The Hall–Kier alpha value is -4.30. The third-order valence-electron chi connectivity index (χ3n) is 6.40. The summed E-state index contributed by atoms with van der Waals surface area (Å²) in [5, 5.41) is 16.1. The lowest BCUT2D eigenvalue weighted by atomic mass is 9.99. The van der Waals surface area contributed by atoms with E-state index in [1.54, 1.807) is 0 Å². The number of carbonyl (C=O) groups excluding carboxylic acids is 1. The summed E-state index contributed by atoms with van der Waals surface area (Å²) in [6.45, 7) is -3.85. The zero-order valence-electron chi connectivity index (χ0n) is 20.7. The van der Waals surface area contributed by atoms with Gasteiger partial charge in [0.15, 0.2) is 17.3 Å². The molecule has 0 spiro atoms. The number of nitriles is 1. The standard InChI is InChI=1S/C23H16F10N6O2/c1-37(20(10-34)5-6-20)18(40)13-7-11(3-4-14(13)22(28,29)30)12-8-35-39(9-12)17-15(41-19(24)25)16(36-38(17)2)21(26,27)23(31,32)33/h3-4,7-9,19H,5-6H2,1-2H3. The van der Waals surface area contributed by atoms with Gasteiger partial charge in [-0.1, -0.05) is 6.07 Å². The Morgan fingerprint density at radius 1 is 1.12 bits per heavy atom. The molecular weight excluding hydrogens is 582 g/mol. The average molecular weight is 598 g/mol. The largest absolute Gasteiger partial charge is 0.459 e. The molecule has 220 valence electrons. The van der Waals surface area contributed by atoms with E-state index in [1.165, 1.54) is 7.05 Å². The second kappa shape index (κ2) is 9.66. The number of halogens is 10. The lowest BCUT2D eigenvalue weighted by Crippen LogP contribution is -2.38. The summed E-state index contributed by atoms with van der Waals surface area (Å²) in [5.74, 6) is -9.36. The number of benzene rings is 1. The van der Waals surface area contributed by atoms with Crippen LogP contribution in [0.5, 0.6) is 5.75 Å². The fraction of sp³-hybridized carbons (Fsp3) is 0.391. The molecule has 0 atom stereocenters. The van der Waals surface area contributed by atoms with Crippen LogP contribution >= 0.6 is 0 Å². The van der Waals surface area contributed by atoms with E-state index in [4.69, 9.17) is 0 Å². The van der Waals surface area contributed by atoms with Gasteiger partial charge in [0.05, 0.1) is 23.4 Å². The topological polar surface area (TPSA) is 89.0 Å². The molecular formula is C23H16F10N6O2. The van der Waals surface area contributed by atoms with Gasteiger partial charge in [0.25, 0.3) is 5.91 Å². The minimum Gasteiger partial charge on any atom is -0.428 e. The normalized spacial score (nSPS) is 15.1. The maximum absolute atomic E-state index is 14.1. The number of nitrogens with zero attached hydrogens (tertiary/aromatic N) is 6. The van der Waals surface area contributed by atoms with Crippen LogP contribution in [0.3, 0.4) is 0 Å². The van der Waals surface area contributed by atoms with Crippen molar-refractivity contribution in [3.8, 4) is 28.8 Å². The van der Waals surface area contributed by atoms with Crippen LogP contribution in [0.2, 0.25) is 0 Å². The van der Waals surface area contributed by atoms with Crippen LogP contribution in [0.25, 0.3) is 16.9 Å². The van der Waals surface area contributed by atoms with Gasteiger partial charge in [0.1, 0.15) is 5.54 Å². The number of carbonyl (C=O) groups is 1. The molecule has 0 bridgehead atoms. The minimum absolute atomic E-state index is 0.0924. The molecule has 1 aliphatic rings. The number of hydrogen-bond donors (Lipinski definition) is 0.